The molecular formula is C11H6ClFN2O3. The molecule has 92 valence electrons. The molecule has 2 rings (SSSR count). The van der Waals surface area contributed by atoms with Crippen LogP contribution in [-0.2, 0) is 0 Å². The highest BCUT2D eigenvalue weighted by atomic mass is 35.5. The lowest BCUT2D eigenvalue weighted by atomic mass is 10.3. The molecule has 0 atom stereocenters. The monoisotopic (exact) mass is 268 g/mol. The Hall–Kier alpha value is -2.21. The van der Waals surface area contributed by atoms with Gasteiger partial charge in [-0.3, -0.25) is 0 Å². The van der Waals surface area contributed by atoms with Crippen molar-refractivity contribution in [2.75, 3.05) is 0 Å². The third-order valence-electron chi connectivity index (χ3n) is 2.01. The maximum absolute atomic E-state index is 13.5. The Morgan fingerprint density at radius 3 is 2.89 bits per heavy atom. The van der Waals surface area contributed by atoms with Gasteiger partial charge in [0.25, 0.3) is 0 Å². The van der Waals surface area contributed by atoms with Crippen LogP contribution in [0.15, 0.2) is 30.7 Å². The van der Waals surface area contributed by atoms with Crippen molar-refractivity contribution in [3.8, 4) is 11.6 Å². The maximum atomic E-state index is 13.5. The van der Waals surface area contributed by atoms with Crippen molar-refractivity contribution in [1.29, 1.82) is 0 Å². The van der Waals surface area contributed by atoms with E-state index in [2.05, 4.69) is 9.97 Å². The maximum Gasteiger partial charge on any atom is 0.342 e. The lowest BCUT2D eigenvalue weighted by molar-refractivity contribution is 0.0692. The molecule has 0 spiro atoms. The van der Waals surface area contributed by atoms with E-state index in [-0.39, 0.29) is 22.2 Å². The molecule has 0 radical (unpaired) electrons. The van der Waals surface area contributed by atoms with Gasteiger partial charge in [0.2, 0.25) is 5.88 Å². The van der Waals surface area contributed by atoms with Crippen molar-refractivity contribution < 1.29 is 19.0 Å². The Balaban J connectivity index is 2.37. The first-order chi connectivity index (χ1) is 8.58. The van der Waals surface area contributed by atoms with Crippen LogP contribution in [0.1, 0.15) is 10.4 Å². The average molecular weight is 269 g/mol. The van der Waals surface area contributed by atoms with E-state index in [0.717, 1.165) is 18.6 Å². The number of rotatable bonds is 3. The van der Waals surface area contributed by atoms with Gasteiger partial charge in [-0.15, -0.1) is 0 Å². The Kier molecular flexibility index (Phi) is 3.38. The highest BCUT2D eigenvalue weighted by Gasteiger charge is 2.15. The number of halogens is 2. The number of ether oxygens (including phenoxy) is 1. The molecule has 1 aromatic carbocycles. The van der Waals surface area contributed by atoms with E-state index in [0.29, 0.717) is 0 Å². The fourth-order valence-electron chi connectivity index (χ4n) is 1.21. The van der Waals surface area contributed by atoms with E-state index < -0.39 is 11.8 Å². The van der Waals surface area contributed by atoms with Crippen LogP contribution in [0.25, 0.3) is 0 Å². The third kappa shape index (κ3) is 2.54. The lowest BCUT2D eigenvalue weighted by Gasteiger charge is -2.07. The molecule has 0 fully saturated rings. The molecule has 0 amide bonds. The quantitative estimate of drug-likeness (QED) is 0.927. The molecule has 7 heteroatoms. The van der Waals surface area contributed by atoms with Gasteiger partial charge in [-0.2, -0.15) is 0 Å². The first-order valence-electron chi connectivity index (χ1n) is 4.74. The normalized spacial score (nSPS) is 10.1. The molecule has 1 N–H and O–H groups in total. The number of hydrogen-bond donors (Lipinski definition) is 1. The largest absolute Gasteiger partial charge is 0.477 e. The summed E-state index contributed by atoms with van der Waals surface area (Å²) < 4.78 is 18.6. The predicted molar refractivity (Wildman–Crippen MR) is 60.5 cm³/mol. The Bertz CT molecular complexity index is 607. The first-order valence-corrected chi connectivity index (χ1v) is 5.12. The van der Waals surface area contributed by atoms with Crippen LogP contribution in [0.4, 0.5) is 4.39 Å². The van der Waals surface area contributed by atoms with E-state index in [4.69, 9.17) is 21.4 Å². The predicted octanol–water partition coefficient (Wildman–Crippen LogP) is 2.76. The molecule has 0 aliphatic rings. The molecule has 0 saturated carbocycles. The molecule has 1 heterocycles. The van der Waals surface area contributed by atoms with Gasteiger partial charge in [-0.05, 0) is 18.2 Å². The van der Waals surface area contributed by atoms with Crippen LogP contribution in [-0.4, -0.2) is 21.0 Å². The third-order valence-corrected chi connectivity index (χ3v) is 2.24. The van der Waals surface area contributed by atoms with Crippen LogP contribution < -0.4 is 4.74 Å². The summed E-state index contributed by atoms with van der Waals surface area (Å²) in [7, 11) is 0. The standard InChI is InChI=1S/C11H6ClFN2O3/c12-6-1-2-9(8(13)3-6)18-10-7(11(16)17)4-14-5-15-10/h1-5H,(H,16,17). The summed E-state index contributed by atoms with van der Waals surface area (Å²) in [5, 5.41) is 9.09. The van der Waals surface area contributed by atoms with Crippen molar-refractivity contribution in [2.24, 2.45) is 0 Å². The molecule has 0 aliphatic carbocycles. The molecule has 2 aromatic rings. The van der Waals surface area contributed by atoms with Crippen molar-refractivity contribution in [3.05, 3.63) is 47.1 Å². The number of aromatic nitrogens is 2. The van der Waals surface area contributed by atoms with Gasteiger partial charge >= 0.3 is 5.97 Å². The fourth-order valence-corrected chi connectivity index (χ4v) is 1.37. The zero-order valence-electron chi connectivity index (χ0n) is 8.80. The van der Waals surface area contributed by atoms with Crippen molar-refractivity contribution >= 4 is 17.6 Å². The molecule has 0 saturated heterocycles. The van der Waals surface area contributed by atoms with Gasteiger partial charge in [0.15, 0.2) is 11.6 Å². The van der Waals surface area contributed by atoms with E-state index in [1.54, 1.807) is 0 Å². The smallest absolute Gasteiger partial charge is 0.342 e. The minimum absolute atomic E-state index is 0.166. The number of carbonyl (C=O) groups is 1. The van der Waals surface area contributed by atoms with Crippen LogP contribution in [0.5, 0.6) is 11.6 Å². The van der Waals surface area contributed by atoms with Crippen LogP contribution in [0, 0.1) is 5.82 Å². The fraction of sp³-hybridized carbons (Fsp3) is 0. The van der Waals surface area contributed by atoms with Gasteiger partial charge in [-0.25, -0.2) is 19.2 Å². The summed E-state index contributed by atoms with van der Waals surface area (Å²) in [6, 6.07) is 3.76. The number of hydrogen-bond acceptors (Lipinski definition) is 4. The summed E-state index contributed by atoms with van der Waals surface area (Å²) in [5.41, 5.74) is -0.258. The summed E-state index contributed by atoms with van der Waals surface area (Å²) >= 11 is 5.59. The van der Waals surface area contributed by atoms with E-state index in [1.807, 2.05) is 0 Å². The minimum atomic E-state index is -1.26. The number of carboxylic acid groups (broad SMARTS) is 1. The van der Waals surface area contributed by atoms with Crippen LogP contribution in [0.3, 0.4) is 0 Å². The molecule has 5 nitrogen and oxygen atoms in total. The molecule has 0 bridgehead atoms. The zero-order chi connectivity index (χ0) is 13.1. The van der Waals surface area contributed by atoms with Gasteiger partial charge in [0.05, 0.1) is 0 Å². The summed E-state index contributed by atoms with van der Waals surface area (Å²) in [5.74, 6) is -2.38. The Morgan fingerprint density at radius 1 is 1.44 bits per heavy atom. The van der Waals surface area contributed by atoms with Gasteiger partial charge in [0, 0.05) is 11.2 Å². The van der Waals surface area contributed by atoms with E-state index >= 15 is 0 Å². The SMILES string of the molecule is O=C(O)c1cncnc1Oc1ccc(Cl)cc1F. The average Bonchev–Trinajstić information content (AvgIpc) is 2.33. The minimum Gasteiger partial charge on any atom is -0.477 e. The van der Waals surface area contributed by atoms with Crippen molar-refractivity contribution in [1.82, 2.24) is 9.97 Å². The van der Waals surface area contributed by atoms with Crippen molar-refractivity contribution in [3.63, 3.8) is 0 Å². The van der Waals surface area contributed by atoms with E-state index in [1.165, 1.54) is 12.1 Å². The number of nitrogens with zero attached hydrogens (tertiary/aromatic N) is 2. The van der Waals surface area contributed by atoms with Gasteiger partial charge in [-0.1, -0.05) is 11.6 Å². The van der Waals surface area contributed by atoms with Crippen LogP contribution >= 0.6 is 11.6 Å². The summed E-state index contributed by atoms with van der Waals surface area (Å²) in [4.78, 5) is 18.1. The van der Waals surface area contributed by atoms with E-state index in [9.17, 15) is 9.18 Å². The summed E-state index contributed by atoms with van der Waals surface area (Å²) in [6.07, 6.45) is 2.17. The summed E-state index contributed by atoms with van der Waals surface area (Å²) in [6.45, 7) is 0. The number of aromatic carboxylic acids is 1. The molecule has 18 heavy (non-hydrogen) atoms. The highest BCUT2D eigenvalue weighted by Crippen LogP contribution is 2.27. The van der Waals surface area contributed by atoms with Crippen molar-refractivity contribution in [2.45, 2.75) is 0 Å². The zero-order valence-corrected chi connectivity index (χ0v) is 9.56. The van der Waals surface area contributed by atoms with Crippen LogP contribution in [0.2, 0.25) is 5.02 Å². The Morgan fingerprint density at radius 2 is 2.22 bits per heavy atom. The highest BCUT2D eigenvalue weighted by molar-refractivity contribution is 6.30. The molecule has 0 unspecified atom stereocenters. The molecule has 1 aromatic heterocycles. The number of carboxylic acids is 1. The molecular weight excluding hydrogens is 263 g/mol. The second-order valence-electron chi connectivity index (χ2n) is 3.22. The Labute approximate surface area is 106 Å². The topological polar surface area (TPSA) is 72.3 Å². The van der Waals surface area contributed by atoms with Gasteiger partial charge < -0.3 is 9.84 Å². The number of benzene rings is 1. The van der Waals surface area contributed by atoms with Gasteiger partial charge in [0.1, 0.15) is 11.9 Å². The second kappa shape index (κ2) is 4.97. The first kappa shape index (κ1) is 12.3. The second-order valence-corrected chi connectivity index (χ2v) is 3.66. The molecule has 0 aliphatic heterocycles. The lowest BCUT2D eigenvalue weighted by Crippen LogP contribution is -2.03.